The molecule has 25 heavy (non-hydrogen) atoms. The van der Waals surface area contributed by atoms with E-state index in [-0.39, 0.29) is 18.2 Å². The lowest BCUT2D eigenvalue weighted by Crippen LogP contribution is -2.43. The van der Waals surface area contributed by atoms with E-state index in [0.29, 0.717) is 18.7 Å². The Morgan fingerprint density at radius 1 is 1.24 bits per heavy atom. The molecule has 1 aliphatic heterocycles. The van der Waals surface area contributed by atoms with Gasteiger partial charge in [0.25, 0.3) is 5.91 Å². The second kappa shape index (κ2) is 7.65. The van der Waals surface area contributed by atoms with Gasteiger partial charge in [-0.1, -0.05) is 28.1 Å². The van der Waals surface area contributed by atoms with E-state index in [9.17, 15) is 14.0 Å². The van der Waals surface area contributed by atoms with Crippen molar-refractivity contribution in [3.63, 3.8) is 0 Å². The van der Waals surface area contributed by atoms with Gasteiger partial charge in [-0.3, -0.25) is 9.59 Å². The number of hydrogen-bond acceptors (Lipinski definition) is 3. The zero-order chi connectivity index (χ0) is 17.8. The van der Waals surface area contributed by atoms with Gasteiger partial charge in [0.2, 0.25) is 5.91 Å². The van der Waals surface area contributed by atoms with Crippen LogP contribution in [0, 0.1) is 5.82 Å². The number of halogens is 2. The van der Waals surface area contributed by atoms with E-state index < -0.39 is 17.8 Å². The van der Waals surface area contributed by atoms with Crippen LogP contribution in [0.25, 0.3) is 0 Å². The molecule has 0 aliphatic carbocycles. The predicted octanol–water partition coefficient (Wildman–Crippen LogP) is 2.89. The fourth-order valence-corrected chi connectivity index (χ4v) is 2.90. The SMILES string of the molecule is O=C(COc1ccc(Br)cc1)NC1CCN(c2ccccc2F)C1=O. The fourth-order valence-electron chi connectivity index (χ4n) is 2.64. The van der Waals surface area contributed by atoms with Gasteiger partial charge >= 0.3 is 0 Å². The first kappa shape index (κ1) is 17.4. The maximum absolute atomic E-state index is 13.8. The minimum absolute atomic E-state index is 0.189. The third-order valence-electron chi connectivity index (χ3n) is 3.87. The van der Waals surface area contributed by atoms with Gasteiger partial charge in [-0.2, -0.15) is 0 Å². The molecule has 0 saturated carbocycles. The van der Waals surface area contributed by atoms with E-state index in [2.05, 4.69) is 21.2 Å². The molecule has 1 heterocycles. The Hall–Kier alpha value is -2.41. The van der Waals surface area contributed by atoms with Crippen LogP contribution < -0.4 is 15.0 Å². The summed E-state index contributed by atoms with van der Waals surface area (Å²) in [5.74, 6) is -0.607. The van der Waals surface area contributed by atoms with Crippen LogP contribution in [0.4, 0.5) is 10.1 Å². The van der Waals surface area contributed by atoms with Gasteiger partial charge in [-0.25, -0.2) is 4.39 Å². The Kier molecular flexibility index (Phi) is 5.33. The van der Waals surface area contributed by atoms with Gasteiger partial charge < -0.3 is 15.0 Å². The Morgan fingerprint density at radius 3 is 2.68 bits per heavy atom. The molecule has 1 saturated heterocycles. The molecule has 1 aliphatic rings. The maximum Gasteiger partial charge on any atom is 0.258 e. The number of nitrogens with one attached hydrogen (secondary N) is 1. The van der Waals surface area contributed by atoms with Gasteiger partial charge in [0.05, 0.1) is 5.69 Å². The Balaban J connectivity index is 1.55. The van der Waals surface area contributed by atoms with Crippen molar-refractivity contribution in [2.24, 2.45) is 0 Å². The number of hydrogen-bond donors (Lipinski definition) is 1. The van der Waals surface area contributed by atoms with Crippen LogP contribution in [0.15, 0.2) is 53.0 Å². The molecule has 0 bridgehead atoms. The number of nitrogens with zero attached hydrogens (tertiary/aromatic N) is 1. The average Bonchev–Trinajstić information content (AvgIpc) is 2.95. The molecule has 0 radical (unpaired) electrons. The minimum Gasteiger partial charge on any atom is -0.484 e. The molecule has 1 N–H and O–H groups in total. The van der Waals surface area contributed by atoms with E-state index in [4.69, 9.17) is 4.74 Å². The monoisotopic (exact) mass is 406 g/mol. The molecule has 0 spiro atoms. The predicted molar refractivity (Wildman–Crippen MR) is 94.9 cm³/mol. The summed E-state index contributed by atoms with van der Waals surface area (Å²) in [5, 5.41) is 2.64. The highest BCUT2D eigenvalue weighted by Gasteiger charge is 2.34. The van der Waals surface area contributed by atoms with Crippen molar-refractivity contribution >= 4 is 33.4 Å². The summed E-state index contributed by atoms with van der Waals surface area (Å²) in [6, 6.07) is 12.5. The highest BCUT2D eigenvalue weighted by atomic mass is 79.9. The first-order valence-electron chi connectivity index (χ1n) is 7.78. The molecule has 2 aromatic carbocycles. The van der Waals surface area contributed by atoms with Gasteiger partial charge in [0.15, 0.2) is 6.61 Å². The Bertz CT molecular complexity index is 782. The van der Waals surface area contributed by atoms with Crippen LogP contribution in [0.3, 0.4) is 0 Å². The van der Waals surface area contributed by atoms with Crippen molar-refractivity contribution in [2.75, 3.05) is 18.1 Å². The molecule has 3 rings (SSSR count). The second-order valence-electron chi connectivity index (χ2n) is 5.59. The zero-order valence-corrected chi connectivity index (χ0v) is 14.8. The third kappa shape index (κ3) is 4.17. The summed E-state index contributed by atoms with van der Waals surface area (Å²) in [6.45, 7) is 0.170. The van der Waals surface area contributed by atoms with Gasteiger partial charge in [0.1, 0.15) is 17.6 Å². The number of anilines is 1. The van der Waals surface area contributed by atoms with Crippen molar-refractivity contribution in [1.29, 1.82) is 0 Å². The van der Waals surface area contributed by atoms with E-state index in [0.717, 1.165) is 4.47 Å². The molecule has 2 aromatic rings. The van der Waals surface area contributed by atoms with Crippen LogP contribution in [0.2, 0.25) is 0 Å². The molecule has 0 aromatic heterocycles. The lowest BCUT2D eigenvalue weighted by atomic mass is 10.2. The van der Waals surface area contributed by atoms with Gasteiger partial charge in [-0.05, 0) is 42.8 Å². The molecule has 130 valence electrons. The lowest BCUT2D eigenvalue weighted by molar-refractivity contribution is -0.127. The lowest BCUT2D eigenvalue weighted by Gasteiger charge is -2.18. The third-order valence-corrected chi connectivity index (χ3v) is 4.40. The van der Waals surface area contributed by atoms with Crippen LogP contribution >= 0.6 is 15.9 Å². The van der Waals surface area contributed by atoms with Crippen LogP contribution in [0.5, 0.6) is 5.75 Å². The zero-order valence-electron chi connectivity index (χ0n) is 13.2. The standard InChI is InChI=1S/C18H16BrFN2O3/c19-12-5-7-13(8-6-12)25-11-17(23)21-15-9-10-22(18(15)24)16-4-2-1-3-14(16)20/h1-8,15H,9-11H2,(H,21,23). The fraction of sp³-hybridized carbons (Fsp3) is 0.222. The number of rotatable bonds is 5. The maximum atomic E-state index is 13.8. The highest BCUT2D eigenvalue weighted by molar-refractivity contribution is 9.10. The summed E-state index contributed by atoms with van der Waals surface area (Å²) >= 11 is 3.32. The highest BCUT2D eigenvalue weighted by Crippen LogP contribution is 2.24. The molecule has 7 heteroatoms. The number of amides is 2. The van der Waals surface area contributed by atoms with E-state index in [1.165, 1.54) is 11.0 Å². The topological polar surface area (TPSA) is 58.6 Å². The first-order chi connectivity index (χ1) is 12.0. The molecule has 1 fully saturated rings. The number of benzene rings is 2. The summed E-state index contributed by atoms with van der Waals surface area (Å²) < 4.78 is 20.1. The van der Waals surface area contributed by atoms with Crippen LogP contribution in [-0.2, 0) is 9.59 Å². The molecule has 1 atom stereocenters. The molecule has 5 nitrogen and oxygen atoms in total. The number of ether oxygens (including phenoxy) is 1. The first-order valence-corrected chi connectivity index (χ1v) is 8.57. The summed E-state index contributed by atoms with van der Waals surface area (Å²) in [5.41, 5.74) is 0.232. The van der Waals surface area contributed by atoms with E-state index >= 15 is 0 Å². The summed E-state index contributed by atoms with van der Waals surface area (Å²) in [6.07, 6.45) is 0.428. The van der Waals surface area contributed by atoms with Crippen molar-refractivity contribution in [3.05, 3.63) is 58.8 Å². The van der Waals surface area contributed by atoms with E-state index in [1.54, 1.807) is 42.5 Å². The van der Waals surface area contributed by atoms with E-state index in [1.807, 2.05) is 0 Å². The summed E-state index contributed by atoms with van der Waals surface area (Å²) in [7, 11) is 0. The smallest absolute Gasteiger partial charge is 0.258 e. The normalized spacial score (nSPS) is 16.8. The largest absolute Gasteiger partial charge is 0.484 e. The molecular formula is C18H16BrFN2O3. The van der Waals surface area contributed by atoms with Crippen molar-refractivity contribution < 1.29 is 18.7 Å². The minimum atomic E-state index is -0.666. The van der Waals surface area contributed by atoms with Gasteiger partial charge in [0, 0.05) is 11.0 Å². The quantitative estimate of drug-likeness (QED) is 0.830. The molecular weight excluding hydrogens is 391 g/mol. The number of carbonyl (C=O) groups is 2. The Morgan fingerprint density at radius 2 is 1.96 bits per heavy atom. The number of para-hydroxylation sites is 1. The van der Waals surface area contributed by atoms with Crippen molar-refractivity contribution in [3.8, 4) is 5.75 Å². The Labute approximate surface area is 152 Å². The van der Waals surface area contributed by atoms with Crippen LogP contribution in [-0.4, -0.2) is 31.0 Å². The summed E-state index contributed by atoms with van der Waals surface area (Å²) in [4.78, 5) is 25.8. The van der Waals surface area contributed by atoms with Crippen molar-refractivity contribution in [2.45, 2.75) is 12.5 Å². The second-order valence-corrected chi connectivity index (χ2v) is 6.51. The van der Waals surface area contributed by atoms with Crippen molar-refractivity contribution in [1.82, 2.24) is 5.32 Å². The van der Waals surface area contributed by atoms with Gasteiger partial charge in [-0.15, -0.1) is 0 Å². The average molecular weight is 407 g/mol. The molecule has 2 amide bonds. The molecule has 1 unspecified atom stereocenters. The number of carbonyl (C=O) groups excluding carboxylic acids is 2. The van der Waals surface area contributed by atoms with Crippen LogP contribution in [0.1, 0.15) is 6.42 Å².